The van der Waals surface area contributed by atoms with E-state index in [9.17, 15) is 17.6 Å². The molecule has 3 aromatic carbocycles. The molecule has 0 heterocycles. The van der Waals surface area contributed by atoms with E-state index in [0.717, 1.165) is 5.56 Å². The first-order valence-electron chi connectivity index (χ1n) is 8.10. The SMILES string of the molecule is Cc1ccc([I-]Cc2ccc(Cc3ccc(I)c(F)c3F)cc2F)c(F)c1. The molecule has 0 saturated heterocycles. The van der Waals surface area contributed by atoms with Crippen LogP contribution < -0.4 is 21.2 Å². The van der Waals surface area contributed by atoms with Crippen LogP contribution in [0.2, 0.25) is 0 Å². The molecule has 0 bridgehead atoms. The molecule has 0 N–H and O–H groups in total. The zero-order valence-electron chi connectivity index (χ0n) is 14.3. The van der Waals surface area contributed by atoms with Gasteiger partial charge in [-0.1, -0.05) is 0 Å². The Morgan fingerprint density at radius 1 is 0.815 bits per heavy atom. The first kappa shape index (κ1) is 20.6. The van der Waals surface area contributed by atoms with Crippen LogP contribution in [0.1, 0.15) is 22.3 Å². The summed E-state index contributed by atoms with van der Waals surface area (Å²) >= 11 is 1.03. The summed E-state index contributed by atoms with van der Waals surface area (Å²) < 4.78 is 57.3. The molecule has 0 aliphatic carbocycles. The zero-order chi connectivity index (χ0) is 19.6. The predicted molar refractivity (Wildman–Crippen MR) is 102 cm³/mol. The molecule has 0 aliphatic rings. The van der Waals surface area contributed by atoms with Crippen LogP contribution in [0.25, 0.3) is 0 Å². The van der Waals surface area contributed by atoms with E-state index in [1.54, 1.807) is 40.8 Å². The zero-order valence-corrected chi connectivity index (χ0v) is 18.6. The summed E-state index contributed by atoms with van der Waals surface area (Å²) in [5.74, 6) is -2.41. The molecule has 0 atom stereocenters. The molecule has 3 rings (SSSR count). The molecule has 6 heteroatoms. The van der Waals surface area contributed by atoms with Gasteiger partial charge in [-0.3, -0.25) is 0 Å². The Balaban J connectivity index is 1.73. The molecular formula is C21H15F4I2-. The second kappa shape index (κ2) is 8.89. The van der Waals surface area contributed by atoms with Crippen molar-refractivity contribution in [2.24, 2.45) is 0 Å². The molecule has 27 heavy (non-hydrogen) atoms. The second-order valence-corrected chi connectivity index (χ2v) is 9.97. The van der Waals surface area contributed by atoms with E-state index in [4.69, 9.17) is 0 Å². The van der Waals surface area contributed by atoms with Gasteiger partial charge in [-0.05, 0) is 0 Å². The fraction of sp³-hybridized carbons (Fsp3) is 0.143. The Morgan fingerprint density at radius 2 is 1.56 bits per heavy atom. The van der Waals surface area contributed by atoms with Crippen LogP contribution in [0, 0.1) is 37.3 Å². The monoisotopic (exact) mass is 597 g/mol. The second-order valence-electron chi connectivity index (χ2n) is 6.12. The maximum atomic E-state index is 14.4. The minimum atomic E-state index is -0.896. The van der Waals surface area contributed by atoms with Gasteiger partial charge in [0.2, 0.25) is 0 Å². The summed E-state index contributed by atoms with van der Waals surface area (Å²) in [4.78, 5) is 0. The van der Waals surface area contributed by atoms with Gasteiger partial charge in [-0.2, -0.15) is 0 Å². The van der Waals surface area contributed by atoms with Gasteiger partial charge in [-0.25, -0.2) is 0 Å². The predicted octanol–water partition coefficient (Wildman–Crippen LogP) is 3.21. The van der Waals surface area contributed by atoms with Crippen molar-refractivity contribution < 1.29 is 38.8 Å². The van der Waals surface area contributed by atoms with Crippen molar-refractivity contribution in [3.05, 3.63) is 101 Å². The number of hydrogen-bond acceptors (Lipinski definition) is 0. The standard InChI is InChI=1S/C21H15F4I2/c1-12-2-7-19(17(23)8-12)27-11-15-4-3-13(10-16(15)22)9-14-5-6-18(26)21(25)20(14)24/h2-8,10H,9,11H2,1H3/q-1. The minimum absolute atomic E-state index is 0.110. The first-order chi connectivity index (χ1) is 12.8. The third kappa shape index (κ3) is 5.01. The van der Waals surface area contributed by atoms with Crippen molar-refractivity contribution >= 4 is 22.6 Å². The van der Waals surface area contributed by atoms with E-state index >= 15 is 0 Å². The Hall–Kier alpha value is -1.16. The number of alkyl halides is 1. The van der Waals surface area contributed by atoms with Crippen molar-refractivity contribution in [1.82, 2.24) is 0 Å². The Morgan fingerprint density at radius 3 is 2.26 bits per heavy atom. The first-order valence-corrected chi connectivity index (χ1v) is 11.8. The van der Waals surface area contributed by atoms with E-state index < -0.39 is 38.7 Å². The molecule has 0 nitrogen and oxygen atoms in total. The summed E-state index contributed by atoms with van der Waals surface area (Å²) in [6.07, 6.45) is 0.110. The van der Waals surface area contributed by atoms with E-state index in [1.165, 1.54) is 24.3 Å². The molecule has 0 fully saturated rings. The van der Waals surface area contributed by atoms with Gasteiger partial charge in [0.15, 0.2) is 0 Å². The molecule has 0 spiro atoms. The summed E-state index contributed by atoms with van der Waals surface area (Å²) in [6, 6.07) is 12.8. The number of aryl methyl sites for hydroxylation is 1. The van der Waals surface area contributed by atoms with Crippen molar-refractivity contribution in [3.63, 3.8) is 0 Å². The maximum absolute atomic E-state index is 14.4. The summed E-state index contributed by atoms with van der Waals surface area (Å²) in [5, 5.41) is 0. The third-order valence-corrected chi connectivity index (χ3v) is 7.79. The van der Waals surface area contributed by atoms with Gasteiger partial charge >= 0.3 is 180 Å². The molecule has 0 saturated carbocycles. The number of halogens is 6. The van der Waals surface area contributed by atoms with Crippen molar-refractivity contribution in [1.29, 1.82) is 0 Å². The topological polar surface area (TPSA) is 0 Å². The van der Waals surface area contributed by atoms with Crippen molar-refractivity contribution in [2.45, 2.75) is 17.8 Å². The fourth-order valence-electron chi connectivity index (χ4n) is 2.58. The Kier molecular flexibility index (Phi) is 6.78. The Labute approximate surface area is 179 Å². The van der Waals surface area contributed by atoms with E-state index in [1.807, 2.05) is 13.0 Å². The fourth-order valence-corrected chi connectivity index (χ4v) is 5.40. The normalized spacial score (nSPS) is 11.2. The van der Waals surface area contributed by atoms with Crippen LogP contribution in [-0.2, 0) is 10.8 Å². The summed E-state index contributed by atoms with van der Waals surface area (Å²) in [7, 11) is 0. The molecular weight excluding hydrogens is 582 g/mol. The van der Waals surface area contributed by atoms with Crippen molar-refractivity contribution in [2.75, 3.05) is 0 Å². The van der Waals surface area contributed by atoms with Crippen molar-refractivity contribution in [3.8, 4) is 0 Å². The number of hydrogen-bond donors (Lipinski definition) is 0. The van der Waals surface area contributed by atoms with E-state index in [0.29, 0.717) is 19.1 Å². The summed E-state index contributed by atoms with van der Waals surface area (Å²) in [5.41, 5.74) is 2.13. The molecule has 3 aromatic rings. The van der Waals surface area contributed by atoms with Crippen LogP contribution in [-0.4, -0.2) is 0 Å². The number of rotatable bonds is 5. The average molecular weight is 597 g/mol. The van der Waals surface area contributed by atoms with Gasteiger partial charge < -0.3 is 0 Å². The number of benzene rings is 3. The molecule has 142 valence electrons. The van der Waals surface area contributed by atoms with Gasteiger partial charge in [-0.15, -0.1) is 0 Å². The van der Waals surface area contributed by atoms with Gasteiger partial charge in [0.05, 0.1) is 0 Å². The van der Waals surface area contributed by atoms with Gasteiger partial charge in [0, 0.05) is 0 Å². The van der Waals surface area contributed by atoms with Crippen LogP contribution in [0.5, 0.6) is 0 Å². The van der Waals surface area contributed by atoms with Crippen LogP contribution in [0.4, 0.5) is 17.6 Å². The summed E-state index contributed by atoms with van der Waals surface area (Å²) in [6.45, 7) is 1.83. The molecule has 0 unspecified atom stereocenters. The van der Waals surface area contributed by atoms with Crippen LogP contribution >= 0.6 is 22.6 Å². The van der Waals surface area contributed by atoms with Gasteiger partial charge in [0.1, 0.15) is 0 Å². The van der Waals surface area contributed by atoms with Gasteiger partial charge in [0.25, 0.3) is 0 Å². The Bertz CT molecular complexity index is 986. The third-order valence-electron chi connectivity index (χ3n) is 4.06. The average Bonchev–Trinajstić information content (AvgIpc) is 2.63. The molecule has 0 aliphatic heterocycles. The molecule has 0 radical (unpaired) electrons. The van der Waals surface area contributed by atoms with E-state index in [2.05, 4.69) is 0 Å². The van der Waals surface area contributed by atoms with E-state index in [-0.39, 0.29) is 21.4 Å². The molecule has 0 amide bonds. The van der Waals surface area contributed by atoms with Crippen LogP contribution in [0.15, 0.2) is 48.5 Å². The van der Waals surface area contributed by atoms with Crippen LogP contribution in [0.3, 0.4) is 0 Å². The quantitative estimate of drug-likeness (QED) is 0.184. The molecule has 0 aromatic heterocycles.